The molecule has 4 rings (SSSR count). The van der Waals surface area contributed by atoms with Crippen LogP contribution in [-0.2, 0) is 24.3 Å². The Balaban J connectivity index is 1.27. The Labute approximate surface area is 180 Å². The molecule has 31 heavy (non-hydrogen) atoms. The fraction of sp³-hybridized carbons (Fsp3) is 0.261. The number of hydrogen-bond donors (Lipinski definition) is 2. The summed E-state index contributed by atoms with van der Waals surface area (Å²) in [7, 11) is 1.59. The van der Waals surface area contributed by atoms with E-state index in [2.05, 4.69) is 15.7 Å². The Hall–Kier alpha value is -3.81. The number of nitrogens with one attached hydrogen (secondary N) is 2. The fourth-order valence-electron chi connectivity index (χ4n) is 3.54. The molecule has 8 nitrogen and oxygen atoms in total. The average Bonchev–Trinajstić information content (AvgIpc) is 3.37. The Bertz CT molecular complexity index is 1050. The summed E-state index contributed by atoms with van der Waals surface area (Å²) in [4.78, 5) is 24.9. The van der Waals surface area contributed by atoms with Crippen molar-refractivity contribution in [2.75, 3.05) is 13.7 Å². The summed E-state index contributed by atoms with van der Waals surface area (Å²) >= 11 is 0. The van der Waals surface area contributed by atoms with E-state index in [1.807, 2.05) is 30.3 Å². The highest BCUT2D eigenvalue weighted by Crippen LogP contribution is 2.20. The first kappa shape index (κ1) is 20.5. The first-order chi connectivity index (χ1) is 15.1. The second kappa shape index (κ2) is 9.34. The number of carbonyl (C=O) groups is 2. The summed E-state index contributed by atoms with van der Waals surface area (Å²) in [5.41, 5.74) is 2.40. The molecule has 0 saturated heterocycles. The van der Waals surface area contributed by atoms with Gasteiger partial charge in [-0.1, -0.05) is 30.3 Å². The van der Waals surface area contributed by atoms with E-state index in [-0.39, 0.29) is 24.5 Å². The summed E-state index contributed by atoms with van der Waals surface area (Å²) in [6, 6.07) is 16.6. The number of methoxy groups -OCH3 is 1. The van der Waals surface area contributed by atoms with Gasteiger partial charge in [-0.2, -0.15) is 5.10 Å². The molecule has 2 aromatic carbocycles. The van der Waals surface area contributed by atoms with Crippen molar-refractivity contribution in [1.82, 2.24) is 20.4 Å². The first-order valence-electron chi connectivity index (χ1n) is 10.1. The van der Waals surface area contributed by atoms with E-state index in [0.717, 1.165) is 17.0 Å². The predicted octanol–water partition coefficient (Wildman–Crippen LogP) is 1.94. The first-order valence-corrected chi connectivity index (χ1v) is 10.1. The summed E-state index contributed by atoms with van der Waals surface area (Å²) < 4.78 is 12.4. The molecule has 1 unspecified atom stereocenters. The summed E-state index contributed by atoms with van der Waals surface area (Å²) in [6.45, 7) is 0.887. The molecule has 2 amide bonds. The van der Waals surface area contributed by atoms with Crippen molar-refractivity contribution in [1.29, 1.82) is 0 Å². The van der Waals surface area contributed by atoms with Crippen LogP contribution in [0.5, 0.6) is 11.5 Å². The standard InChI is InChI=1S/C23H24N4O4/c1-30-18-7-9-19(10-8-18)31-15-22(28)26-17-11-21-20(13-25-27(21)14-17)23(29)24-12-16-5-3-2-4-6-16/h2-10,13,17H,11-12,14-15H2,1H3,(H,24,29)(H,26,28). The number of aromatic nitrogens is 2. The summed E-state index contributed by atoms with van der Waals surface area (Å²) in [5, 5.41) is 10.2. The van der Waals surface area contributed by atoms with Crippen LogP contribution >= 0.6 is 0 Å². The van der Waals surface area contributed by atoms with Gasteiger partial charge >= 0.3 is 0 Å². The van der Waals surface area contributed by atoms with Gasteiger partial charge < -0.3 is 20.1 Å². The van der Waals surface area contributed by atoms with Crippen molar-refractivity contribution in [3.8, 4) is 11.5 Å². The van der Waals surface area contributed by atoms with Gasteiger partial charge in [-0.3, -0.25) is 14.3 Å². The highest BCUT2D eigenvalue weighted by atomic mass is 16.5. The zero-order valence-electron chi connectivity index (χ0n) is 17.2. The second-order valence-electron chi connectivity index (χ2n) is 7.29. The van der Waals surface area contributed by atoms with Crippen molar-refractivity contribution >= 4 is 11.8 Å². The lowest BCUT2D eigenvalue weighted by Crippen LogP contribution is -2.39. The molecule has 0 radical (unpaired) electrons. The van der Waals surface area contributed by atoms with E-state index >= 15 is 0 Å². The third-order valence-electron chi connectivity index (χ3n) is 5.12. The molecule has 1 aliphatic heterocycles. The van der Waals surface area contributed by atoms with E-state index in [1.165, 1.54) is 0 Å². The topological polar surface area (TPSA) is 94.5 Å². The van der Waals surface area contributed by atoms with E-state index in [0.29, 0.717) is 30.8 Å². The number of ether oxygens (including phenoxy) is 2. The van der Waals surface area contributed by atoms with Gasteiger partial charge in [-0.25, -0.2) is 0 Å². The minimum atomic E-state index is -0.221. The van der Waals surface area contributed by atoms with Crippen molar-refractivity contribution < 1.29 is 19.1 Å². The molecule has 2 N–H and O–H groups in total. The van der Waals surface area contributed by atoms with Crippen LogP contribution in [0.3, 0.4) is 0 Å². The number of fused-ring (bicyclic) bond motifs is 1. The van der Waals surface area contributed by atoms with E-state index in [9.17, 15) is 9.59 Å². The molecule has 3 aromatic rings. The monoisotopic (exact) mass is 420 g/mol. The number of rotatable bonds is 8. The van der Waals surface area contributed by atoms with Gasteiger partial charge in [0.2, 0.25) is 0 Å². The van der Waals surface area contributed by atoms with Gasteiger partial charge in [0.15, 0.2) is 6.61 Å². The molecule has 0 saturated carbocycles. The second-order valence-corrected chi connectivity index (χ2v) is 7.29. The Morgan fingerprint density at radius 3 is 2.58 bits per heavy atom. The fourth-order valence-corrected chi connectivity index (χ4v) is 3.54. The molecule has 1 atom stereocenters. The Morgan fingerprint density at radius 1 is 1.10 bits per heavy atom. The molecular formula is C23H24N4O4. The number of carbonyl (C=O) groups excluding carboxylic acids is 2. The van der Waals surface area contributed by atoms with Crippen molar-refractivity contribution in [3.05, 3.63) is 77.6 Å². The predicted molar refractivity (Wildman–Crippen MR) is 114 cm³/mol. The van der Waals surface area contributed by atoms with Crippen LogP contribution in [-0.4, -0.2) is 41.4 Å². The third-order valence-corrected chi connectivity index (χ3v) is 5.12. The summed E-state index contributed by atoms with van der Waals surface area (Å²) in [5.74, 6) is 0.926. The van der Waals surface area contributed by atoms with Gasteiger partial charge in [0.1, 0.15) is 11.5 Å². The Kier molecular flexibility index (Phi) is 6.16. The van der Waals surface area contributed by atoms with Crippen molar-refractivity contribution in [3.63, 3.8) is 0 Å². The maximum absolute atomic E-state index is 12.6. The minimum Gasteiger partial charge on any atom is -0.497 e. The van der Waals surface area contributed by atoms with Gasteiger partial charge in [0.05, 0.1) is 37.2 Å². The molecule has 1 aliphatic rings. The van der Waals surface area contributed by atoms with Crippen LogP contribution in [0.4, 0.5) is 0 Å². The van der Waals surface area contributed by atoms with Gasteiger partial charge in [0, 0.05) is 13.0 Å². The molecule has 2 heterocycles. The van der Waals surface area contributed by atoms with Crippen LogP contribution in [0.1, 0.15) is 21.6 Å². The largest absolute Gasteiger partial charge is 0.497 e. The zero-order valence-corrected chi connectivity index (χ0v) is 17.2. The number of amides is 2. The summed E-state index contributed by atoms with van der Waals surface area (Å²) in [6.07, 6.45) is 2.13. The van der Waals surface area contributed by atoms with E-state index in [1.54, 1.807) is 42.3 Å². The number of benzene rings is 2. The molecule has 1 aromatic heterocycles. The maximum Gasteiger partial charge on any atom is 0.258 e. The van der Waals surface area contributed by atoms with Crippen molar-refractivity contribution in [2.24, 2.45) is 0 Å². The average molecular weight is 420 g/mol. The van der Waals surface area contributed by atoms with Crippen LogP contribution in [0.2, 0.25) is 0 Å². The zero-order chi connectivity index (χ0) is 21.6. The molecule has 160 valence electrons. The lowest BCUT2D eigenvalue weighted by Gasteiger charge is -2.12. The molecular weight excluding hydrogens is 396 g/mol. The normalized spacial score (nSPS) is 14.5. The van der Waals surface area contributed by atoms with Crippen LogP contribution in [0, 0.1) is 0 Å². The molecule has 0 spiro atoms. The van der Waals surface area contributed by atoms with Gasteiger partial charge in [-0.05, 0) is 29.8 Å². The molecule has 0 bridgehead atoms. The smallest absolute Gasteiger partial charge is 0.258 e. The number of nitrogens with zero attached hydrogens (tertiary/aromatic N) is 2. The highest BCUT2D eigenvalue weighted by molar-refractivity contribution is 5.95. The Morgan fingerprint density at radius 2 is 1.84 bits per heavy atom. The van der Waals surface area contributed by atoms with Crippen LogP contribution in [0.25, 0.3) is 0 Å². The van der Waals surface area contributed by atoms with Gasteiger partial charge in [-0.15, -0.1) is 0 Å². The van der Waals surface area contributed by atoms with Crippen LogP contribution < -0.4 is 20.1 Å². The molecule has 8 heteroatoms. The minimum absolute atomic E-state index is 0.0877. The third kappa shape index (κ3) is 5.03. The van der Waals surface area contributed by atoms with Crippen molar-refractivity contribution in [2.45, 2.75) is 25.6 Å². The highest BCUT2D eigenvalue weighted by Gasteiger charge is 2.28. The lowest BCUT2D eigenvalue weighted by atomic mass is 10.1. The van der Waals surface area contributed by atoms with Gasteiger partial charge in [0.25, 0.3) is 11.8 Å². The number of hydrogen-bond acceptors (Lipinski definition) is 5. The SMILES string of the molecule is COc1ccc(OCC(=O)NC2Cc3c(C(=O)NCc4ccccc4)cnn3C2)cc1. The van der Waals surface area contributed by atoms with Crippen LogP contribution in [0.15, 0.2) is 60.8 Å². The van der Waals surface area contributed by atoms with E-state index in [4.69, 9.17) is 9.47 Å². The molecule has 0 fully saturated rings. The van der Waals surface area contributed by atoms with E-state index < -0.39 is 0 Å². The molecule has 0 aliphatic carbocycles. The lowest BCUT2D eigenvalue weighted by molar-refractivity contribution is -0.123. The maximum atomic E-state index is 12.6. The quantitative estimate of drug-likeness (QED) is 0.581.